The molecule has 0 aliphatic heterocycles. The first-order chi connectivity index (χ1) is 15.0. The molecule has 0 saturated heterocycles. The Hall–Kier alpha value is -3.33. The van der Waals surface area contributed by atoms with Gasteiger partial charge in [-0.15, -0.1) is 0 Å². The van der Waals surface area contributed by atoms with Crippen LogP contribution in [0.1, 0.15) is 31.3 Å². The molecule has 2 aromatic carbocycles. The van der Waals surface area contributed by atoms with Crippen LogP contribution in [-0.2, 0) is 14.3 Å². The summed E-state index contributed by atoms with van der Waals surface area (Å²) in [6, 6.07) is 7.59. The lowest BCUT2D eigenvalue weighted by molar-refractivity contribution is -0.158. The highest BCUT2D eigenvalue weighted by Gasteiger charge is 2.27. The Labute approximate surface area is 186 Å². The molecule has 0 unspecified atom stereocenters. The average Bonchev–Trinajstić information content (AvgIpc) is 3.04. The number of carbonyl (C=O) groups excluding carboxylic acids is 2. The van der Waals surface area contributed by atoms with Gasteiger partial charge in [0.25, 0.3) is 0 Å². The van der Waals surface area contributed by atoms with Gasteiger partial charge < -0.3 is 9.47 Å². The van der Waals surface area contributed by atoms with E-state index in [0.717, 1.165) is 35.0 Å². The first kappa shape index (κ1) is 23.3. The van der Waals surface area contributed by atoms with Crippen molar-refractivity contribution in [2.75, 3.05) is 6.61 Å². The quantitative estimate of drug-likeness (QED) is 0.489. The number of ether oxygens (including phenoxy) is 2. The maximum atomic E-state index is 14.5. The summed E-state index contributed by atoms with van der Waals surface area (Å²) in [6.45, 7) is 4.23. The predicted molar refractivity (Wildman–Crippen MR) is 110 cm³/mol. The maximum Gasteiger partial charge on any atom is 0.361 e. The van der Waals surface area contributed by atoms with Gasteiger partial charge >= 0.3 is 11.9 Å². The Kier molecular flexibility index (Phi) is 6.59. The van der Waals surface area contributed by atoms with Crippen LogP contribution in [0.4, 0.5) is 13.2 Å². The first-order valence-electron chi connectivity index (χ1n) is 9.35. The fourth-order valence-corrected chi connectivity index (χ4v) is 3.08. The molecule has 0 radical (unpaired) electrons. The van der Waals surface area contributed by atoms with Gasteiger partial charge in [0.15, 0.2) is 12.3 Å². The molecule has 3 rings (SSSR count). The lowest BCUT2D eigenvalue weighted by atomic mass is 10.1. The van der Waals surface area contributed by atoms with Crippen LogP contribution >= 0.6 is 11.6 Å². The molecule has 10 heteroatoms. The molecule has 0 fully saturated rings. The normalized spacial score (nSPS) is 11.3. The van der Waals surface area contributed by atoms with Crippen molar-refractivity contribution in [3.8, 4) is 16.9 Å². The molecule has 0 saturated carbocycles. The zero-order chi connectivity index (χ0) is 23.6. The zero-order valence-corrected chi connectivity index (χ0v) is 18.0. The second-order valence-corrected chi connectivity index (χ2v) is 8.07. The monoisotopic (exact) mass is 466 g/mol. The summed E-state index contributed by atoms with van der Waals surface area (Å²) < 4.78 is 52.5. The Bertz CT molecular complexity index is 1170. The Morgan fingerprint density at radius 3 is 2.28 bits per heavy atom. The minimum atomic E-state index is -1.08. The van der Waals surface area contributed by atoms with Crippen molar-refractivity contribution in [1.29, 1.82) is 0 Å². The SMILES string of the molecule is CC(C)(C)OC(=O)COC(=O)c1nn(-c2cc(F)ccc2F)c(-c2ccc(F)cc2)c1Cl. The fraction of sp³-hybridized carbons (Fsp3) is 0.227. The van der Waals surface area contributed by atoms with Crippen LogP contribution < -0.4 is 0 Å². The van der Waals surface area contributed by atoms with E-state index in [9.17, 15) is 22.8 Å². The second-order valence-electron chi connectivity index (χ2n) is 7.69. The van der Waals surface area contributed by atoms with Gasteiger partial charge in [0, 0.05) is 11.6 Å². The number of hydrogen-bond acceptors (Lipinski definition) is 5. The number of carbonyl (C=O) groups is 2. The van der Waals surface area contributed by atoms with E-state index >= 15 is 0 Å². The third-order valence-corrected chi connectivity index (χ3v) is 4.37. The minimum Gasteiger partial charge on any atom is -0.457 e. The lowest BCUT2D eigenvalue weighted by Crippen LogP contribution is -2.27. The van der Waals surface area contributed by atoms with Crippen LogP contribution in [-0.4, -0.2) is 33.9 Å². The highest BCUT2D eigenvalue weighted by atomic mass is 35.5. The van der Waals surface area contributed by atoms with E-state index in [-0.39, 0.29) is 22.0 Å². The van der Waals surface area contributed by atoms with Crippen molar-refractivity contribution in [2.24, 2.45) is 0 Å². The molecule has 6 nitrogen and oxygen atoms in total. The van der Waals surface area contributed by atoms with Crippen LogP contribution in [0.3, 0.4) is 0 Å². The third kappa shape index (κ3) is 5.28. The number of benzene rings is 2. The van der Waals surface area contributed by atoms with E-state index in [1.54, 1.807) is 20.8 Å². The van der Waals surface area contributed by atoms with Crippen molar-refractivity contribution >= 4 is 23.5 Å². The van der Waals surface area contributed by atoms with Crippen molar-refractivity contribution in [3.63, 3.8) is 0 Å². The standard InChI is InChI=1S/C22H18ClF3N2O4/c1-22(2,3)32-17(29)11-31-21(30)19-18(23)20(12-4-6-13(24)7-5-12)28(27-19)16-10-14(25)8-9-15(16)26/h4-10H,11H2,1-3H3. The molecule has 168 valence electrons. The smallest absolute Gasteiger partial charge is 0.361 e. The van der Waals surface area contributed by atoms with E-state index in [4.69, 9.17) is 21.1 Å². The van der Waals surface area contributed by atoms with E-state index in [0.29, 0.717) is 0 Å². The van der Waals surface area contributed by atoms with Crippen molar-refractivity contribution in [1.82, 2.24) is 9.78 Å². The Morgan fingerprint density at radius 1 is 1.03 bits per heavy atom. The van der Waals surface area contributed by atoms with Crippen molar-refractivity contribution in [2.45, 2.75) is 26.4 Å². The van der Waals surface area contributed by atoms with Crippen LogP contribution in [0.5, 0.6) is 0 Å². The summed E-state index contributed by atoms with van der Waals surface area (Å²) in [5.74, 6) is -4.02. The highest BCUT2D eigenvalue weighted by molar-refractivity contribution is 6.36. The third-order valence-electron chi connectivity index (χ3n) is 4.02. The molecule has 0 N–H and O–H groups in total. The van der Waals surface area contributed by atoms with Crippen LogP contribution in [0.2, 0.25) is 5.02 Å². The van der Waals surface area contributed by atoms with Gasteiger partial charge in [-0.25, -0.2) is 27.4 Å². The van der Waals surface area contributed by atoms with Gasteiger partial charge in [0.05, 0.1) is 5.69 Å². The summed E-state index contributed by atoms with van der Waals surface area (Å²) >= 11 is 6.35. The van der Waals surface area contributed by atoms with Crippen LogP contribution in [0.25, 0.3) is 16.9 Å². The first-order valence-corrected chi connectivity index (χ1v) is 9.73. The second kappa shape index (κ2) is 9.04. The summed E-state index contributed by atoms with van der Waals surface area (Å²) in [4.78, 5) is 24.4. The highest BCUT2D eigenvalue weighted by Crippen LogP contribution is 2.34. The van der Waals surface area contributed by atoms with E-state index in [2.05, 4.69) is 5.10 Å². The topological polar surface area (TPSA) is 70.4 Å². The molecule has 0 aliphatic carbocycles. The van der Waals surface area contributed by atoms with Gasteiger partial charge in [-0.1, -0.05) is 11.6 Å². The number of rotatable bonds is 5. The van der Waals surface area contributed by atoms with Gasteiger partial charge in [-0.3, -0.25) is 0 Å². The summed E-state index contributed by atoms with van der Waals surface area (Å²) in [7, 11) is 0. The molecule has 3 aromatic rings. The van der Waals surface area contributed by atoms with Crippen LogP contribution in [0.15, 0.2) is 42.5 Å². The maximum absolute atomic E-state index is 14.5. The molecule has 0 atom stereocenters. The van der Waals surface area contributed by atoms with Gasteiger partial charge in [-0.2, -0.15) is 5.10 Å². The number of esters is 2. The molecule has 1 heterocycles. The molecule has 0 aliphatic rings. The van der Waals surface area contributed by atoms with E-state index < -0.39 is 47.3 Å². The minimum absolute atomic E-state index is 0.000356. The molecule has 0 bridgehead atoms. The molecular formula is C22H18ClF3N2O4. The molecular weight excluding hydrogens is 449 g/mol. The number of hydrogen-bond donors (Lipinski definition) is 0. The summed E-state index contributed by atoms with van der Waals surface area (Å²) in [5, 5.41) is 3.74. The average molecular weight is 467 g/mol. The van der Waals surface area contributed by atoms with Crippen molar-refractivity contribution in [3.05, 3.63) is 70.6 Å². The predicted octanol–water partition coefficient (Wildman–Crippen LogP) is 5.11. The number of aromatic nitrogens is 2. The molecule has 0 amide bonds. The van der Waals surface area contributed by atoms with Gasteiger partial charge in [-0.05, 0) is 57.2 Å². The van der Waals surface area contributed by atoms with Crippen molar-refractivity contribution < 1.29 is 32.2 Å². The largest absolute Gasteiger partial charge is 0.457 e. The molecule has 1 aromatic heterocycles. The van der Waals surface area contributed by atoms with Crippen LogP contribution in [0, 0.1) is 17.5 Å². The molecule has 0 spiro atoms. The fourth-order valence-electron chi connectivity index (χ4n) is 2.77. The molecule has 32 heavy (non-hydrogen) atoms. The van der Waals surface area contributed by atoms with E-state index in [1.807, 2.05) is 0 Å². The zero-order valence-electron chi connectivity index (χ0n) is 17.3. The number of halogens is 4. The van der Waals surface area contributed by atoms with E-state index in [1.165, 1.54) is 12.1 Å². The summed E-state index contributed by atoms with van der Waals surface area (Å²) in [5.41, 5.74) is -1.29. The Morgan fingerprint density at radius 2 is 1.66 bits per heavy atom. The lowest BCUT2D eigenvalue weighted by Gasteiger charge is -2.19. The summed E-state index contributed by atoms with van der Waals surface area (Å²) in [6.07, 6.45) is 0. The number of nitrogens with zero attached hydrogens (tertiary/aromatic N) is 2. The van der Waals surface area contributed by atoms with Gasteiger partial charge in [0.2, 0.25) is 0 Å². The Balaban J connectivity index is 2.03. The van der Waals surface area contributed by atoms with Gasteiger partial charge in [0.1, 0.15) is 33.8 Å².